The van der Waals surface area contributed by atoms with Crippen molar-refractivity contribution in [2.75, 3.05) is 14.2 Å². The second-order valence-electron chi connectivity index (χ2n) is 7.13. The van der Waals surface area contributed by atoms with Crippen LogP contribution in [-0.2, 0) is 17.9 Å². The topological polar surface area (TPSA) is 80.6 Å². The van der Waals surface area contributed by atoms with E-state index < -0.39 is 5.91 Å². The third kappa shape index (κ3) is 6.77. The molecule has 0 unspecified atom stereocenters. The van der Waals surface area contributed by atoms with Crippen molar-refractivity contribution in [1.82, 2.24) is 5.32 Å². The van der Waals surface area contributed by atoms with Gasteiger partial charge < -0.3 is 19.5 Å². The van der Waals surface area contributed by atoms with Gasteiger partial charge >= 0.3 is 0 Å². The molecule has 174 valence electrons. The average Bonchev–Trinajstić information content (AvgIpc) is 2.86. The van der Waals surface area contributed by atoms with Crippen molar-refractivity contribution in [3.63, 3.8) is 0 Å². The molecule has 0 bridgehead atoms. The molecule has 0 spiro atoms. The molecule has 3 aromatic carbocycles. The lowest BCUT2D eigenvalue weighted by Crippen LogP contribution is -2.24. The van der Waals surface area contributed by atoms with E-state index in [1.165, 1.54) is 6.08 Å². The lowest BCUT2D eigenvalue weighted by Gasteiger charge is -2.12. The van der Waals surface area contributed by atoms with Crippen molar-refractivity contribution in [2.45, 2.75) is 13.2 Å². The Hall–Kier alpha value is -3.47. The molecule has 0 saturated heterocycles. The predicted octanol–water partition coefficient (Wildman–Crippen LogP) is 5.92. The minimum atomic E-state index is -0.510. The Balaban J connectivity index is 1.76. The quantitative estimate of drug-likeness (QED) is 0.269. The maximum Gasteiger partial charge on any atom is 0.262 e. The zero-order valence-corrected chi connectivity index (χ0v) is 20.9. The second-order valence-corrected chi connectivity index (χ2v) is 8.48. The van der Waals surface area contributed by atoms with Crippen molar-refractivity contribution in [2.24, 2.45) is 0 Å². The molecule has 34 heavy (non-hydrogen) atoms. The van der Waals surface area contributed by atoms with Crippen molar-refractivity contribution in [3.8, 4) is 23.3 Å². The fourth-order valence-corrected chi connectivity index (χ4v) is 3.58. The highest BCUT2D eigenvalue weighted by molar-refractivity contribution is 9.10. The molecule has 0 radical (unpaired) electrons. The summed E-state index contributed by atoms with van der Waals surface area (Å²) in [5.41, 5.74) is 2.23. The number of nitriles is 1. The van der Waals surface area contributed by atoms with Crippen LogP contribution < -0.4 is 19.5 Å². The highest BCUT2D eigenvalue weighted by Crippen LogP contribution is 2.27. The molecule has 6 nitrogen and oxygen atoms in total. The van der Waals surface area contributed by atoms with Crippen LogP contribution in [0.1, 0.15) is 16.7 Å². The van der Waals surface area contributed by atoms with Gasteiger partial charge in [-0.1, -0.05) is 39.7 Å². The van der Waals surface area contributed by atoms with Gasteiger partial charge in [-0.3, -0.25) is 4.79 Å². The van der Waals surface area contributed by atoms with Gasteiger partial charge in [-0.15, -0.1) is 0 Å². The number of benzene rings is 3. The smallest absolute Gasteiger partial charge is 0.262 e. The summed E-state index contributed by atoms with van der Waals surface area (Å²) in [7, 11) is 3.11. The van der Waals surface area contributed by atoms with Crippen molar-refractivity contribution >= 4 is 39.5 Å². The summed E-state index contributed by atoms with van der Waals surface area (Å²) < 4.78 is 17.3. The van der Waals surface area contributed by atoms with Crippen LogP contribution in [0.15, 0.2) is 70.7 Å². The van der Waals surface area contributed by atoms with E-state index in [-0.39, 0.29) is 12.1 Å². The van der Waals surface area contributed by atoms with Crippen molar-refractivity contribution < 1.29 is 19.0 Å². The van der Waals surface area contributed by atoms with Gasteiger partial charge in [0, 0.05) is 33.2 Å². The van der Waals surface area contributed by atoms with E-state index >= 15 is 0 Å². The lowest BCUT2D eigenvalue weighted by molar-refractivity contribution is -0.117. The van der Waals surface area contributed by atoms with Crippen LogP contribution in [0.4, 0.5) is 0 Å². The summed E-state index contributed by atoms with van der Waals surface area (Å²) in [5, 5.41) is 13.0. The lowest BCUT2D eigenvalue weighted by atomic mass is 10.1. The maximum atomic E-state index is 12.7. The van der Waals surface area contributed by atoms with Crippen LogP contribution >= 0.6 is 27.5 Å². The first-order valence-electron chi connectivity index (χ1n) is 10.2. The highest BCUT2D eigenvalue weighted by Gasteiger charge is 2.13. The molecule has 0 aliphatic carbocycles. The number of hydrogen-bond donors (Lipinski definition) is 1. The number of rotatable bonds is 9. The minimum absolute atomic E-state index is 0.0538. The van der Waals surface area contributed by atoms with Crippen LogP contribution in [0.5, 0.6) is 17.2 Å². The number of methoxy groups -OCH3 is 2. The largest absolute Gasteiger partial charge is 0.497 e. The molecule has 0 saturated carbocycles. The van der Waals surface area contributed by atoms with Crippen LogP contribution in [-0.4, -0.2) is 20.1 Å². The van der Waals surface area contributed by atoms with Crippen molar-refractivity contribution in [1.29, 1.82) is 5.26 Å². The van der Waals surface area contributed by atoms with Gasteiger partial charge in [0.15, 0.2) is 0 Å². The number of nitrogens with one attached hydrogen (secondary N) is 1. The van der Waals surface area contributed by atoms with E-state index in [0.717, 1.165) is 15.6 Å². The summed E-state index contributed by atoms with van der Waals surface area (Å²) in [4.78, 5) is 12.7. The Morgan fingerprint density at radius 2 is 1.82 bits per heavy atom. The zero-order chi connectivity index (χ0) is 24.5. The molecule has 1 N–H and O–H groups in total. The first-order valence-corrected chi connectivity index (χ1v) is 11.4. The fraction of sp³-hybridized carbons (Fsp3) is 0.154. The maximum absolute atomic E-state index is 12.7. The third-order valence-corrected chi connectivity index (χ3v) is 5.62. The van der Waals surface area contributed by atoms with Gasteiger partial charge in [0.2, 0.25) is 0 Å². The fourth-order valence-electron chi connectivity index (χ4n) is 3.08. The van der Waals surface area contributed by atoms with E-state index in [1.54, 1.807) is 56.7 Å². The van der Waals surface area contributed by atoms with E-state index in [9.17, 15) is 10.1 Å². The van der Waals surface area contributed by atoms with E-state index in [2.05, 4.69) is 21.2 Å². The van der Waals surface area contributed by atoms with E-state index in [1.807, 2.05) is 24.3 Å². The number of halogens is 2. The van der Waals surface area contributed by atoms with E-state index in [0.29, 0.717) is 34.4 Å². The van der Waals surface area contributed by atoms with Crippen LogP contribution in [0.3, 0.4) is 0 Å². The molecular formula is C26H22BrClN2O4. The normalized spacial score (nSPS) is 10.9. The minimum Gasteiger partial charge on any atom is -0.497 e. The number of nitrogens with zero attached hydrogens (tertiary/aromatic N) is 1. The highest BCUT2D eigenvalue weighted by atomic mass is 79.9. The van der Waals surface area contributed by atoms with Gasteiger partial charge in [-0.05, 0) is 54.1 Å². The first kappa shape index (κ1) is 25.2. The van der Waals surface area contributed by atoms with Gasteiger partial charge in [-0.25, -0.2) is 0 Å². The van der Waals surface area contributed by atoms with Crippen LogP contribution in [0, 0.1) is 11.3 Å². The average molecular weight is 542 g/mol. The molecular weight excluding hydrogens is 520 g/mol. The molecule has 8 heteroatoms. The van der Waals surface area contributed by atoms with Gasteiger partial charge in [0.1, 0.15) is 35.5 Å². The zero-order valence-electron chi connectivity index (χ0n) is 18.6. The molecule has 0 aromatic heterocycles. The Kier molecular flexibility index (Phi) is 8.97. The first-order chi connectivity index (χ1) is 16.4. The molecule has 0 fully saturated rings. The molecule has 1 amide bonds. The molecule has 3 rings (SSSR count). The molecule has 3 aromatic rings. The van der Waals surface area contributed by atoms with Gasteiger partial charge in [-0.2, -0.15) is 5.26 Å². The summed E-state index contributed by atoms with van der Waals surface area (Å²) in [6.07, 6.45) is 1.50. The van der Waals surface area contributed by atoms with Crippen LogP contribution in [0.2, 0.25) is 5.02 Å². The molecule has 0 aliphatic heterocycles. The molecule has 0 atom stereocenters. The number of amides is 1. The molecule has 0 aliphatic rings. The third-order valence-electron chi connectivity index (χ3n) is 4.88. The van der Waals surface area contributed by atoms with Crippen LogP contribution in [0.25, 0.3) is 6.08 Å². The monoisotopic (exact) mass is 540 g/mol. The second kappa shape index (κ2) is 12.1. The van der Waals surface area contributed by atoms with Crippen molar-refractivity contribution in [3.05, 3.63) is 92.4 Å². The summed E-state index contributed by atoms with van der Waals surface area (Å²) in [6.45, 7) is 0.494. The Morgan fingerprint density at radius 3 is 2.50 bits per heavy atom. The summed E-state index contributed by atoms with van der Waals surface area (Å²) >= 11 is 9.37. The number of ether oxygens (including phenoxy) is 3. The SMILES string of the molecule is COc1ccc(CNC(=O)/C(C#N)=C/c2cc(Br)ccc2OCc2ccc(Cl)cc2)c(OC)c1. The molecule has 0 heterocycles. The summed E-state index contributed by atoms with van der Waals surface area (Å²) in [6, 6.07) is 20.0. The predicted molar refractivity (Wildman–Crippen MR) is 135 cm³/mol. The summed E-state index contributed by atoms with van der Waals surface area (Å²) in [5.74, 6) is 1.25. The Morgan fingerprint density at radius 1 is 1.06 bits per heavy atom. The number of carbonyl (C=O) groups is 1. The number of hydrogen-bond acceptors (Lipinski definition) is 5. The standard InChI is InChI=1S/C26H22BrClN2O4/c1-32-23-9-5-18(25(13-23)33-2)15-30-26(31)20(14-29)11-19-12-21(27)6-10-24(19)34-16-17-3-7-22(28)8-4-17/h3-13H,15-16H2,1-2H3,(H,30,31)/b20-11+. The van der Waals surface area contributed by atoms with Gasteiger partial charge in [0.05, 0.1) is 14.2 Å². The Labute approximate surface area is 211 Å². The number of carbonyl (C=O) groups excluding carboxylic acids is 1. The van der Waals surface area contributed by atoms with E-state index in [4.69, 9.17) is 25.8 Å². The van der Waals surface area contributed by atoms with Gasteiger partial charge in [0.25, 0.3) is 5.91 Å². The Bertz CT molecular complexity index is 1240.